The maximum Gasteiger partial charge on any atom is 0.303 e. The molecule has 0 radical (unpaired) electrons. The standard InChI is InChI=1S/C44H58N4O10S2/c1-43(2)34-30-32(59(53,54)55)21-23-36(34)47-28-14-6-11-19-41(50)46-27-26-45-40(49)18-10-5-13-25-44(3)35-31-33(60(56,57)58)22-24-37(35)48(29-15-7-12-20-42(51)52)39(44)17-9-4-8-16-38(43)47/h4,8-9,16-17,21-24,30-31H,5-7,10-15,18-20,25-29H2,1-3H3,(H4-,45,46,49,50,51,52,53,54,55,56,57,58)/p+1. The number of carboxylic acids is 1. The minimum absolute atomic E-state index is 0.0679. The van der Waals surface area contributed by atoms with Crippen LogP contribution in [0.5, 0.6) is 0 Å². The van der Waals surface area contributed by atoms with Gasteiger partial charge in [-0.25, -0.2) is 0 Å². The molecule has 2 aromatic carbocycles. The van der Waals surface area contributed by atoms with Crippen molar-refractivity contribution in [1.29, 1.82) is 0 Å². The number of nitrogens with one attached hydrogen (secondary N) is 2. The summed E-state index contributed by atoms with van der Waals surface area (Å²) in [6, 6.07) is 9.28. The molecule has 0 spiro atoms. The molecule has 0 aromatic heterocycles. The Bertz CT molecular complexity index is 2300. The molecule has 0 saturated carbocycles. The molecule has 0 bridgehead atoms. The predicted octanol–water partition coefficient (Wildman–Crippen LogP) is 6.73. The molecular formula is C44H59N4O10S2+. The van der Waals surface area contributed by atoms with Crippen LogP contribution in [0.4, 0.5) is 11.4 Å². The Morgan fingerprint density at radius 1 is 0.767 bits per heavy atom. The Hall–Kier alpha value is -4.64. The number of hydrogen-bond donors (Lipinski definition) is 5. The van der Waals surface area contributed by atoms with Crippen LogP contribution < -0.4 is 15.5 Å². The van der Waals surface area contributed by atoms with Crippen molar-refractivity contribution in [2.45, 2.75) is 125 Å². The fourth-order valence-corrected chi connectivity index (χ4v) is 9.60. The van der Waals surface area contributed by atoms with E-state index in [0.717, 1.165) is 53.2 Å². The van der Waals surface area contributed by atoms with E-state index in [9.17, 15) is 45.4 Å². The van der Waals surface area contributed by atoms with E-state index in [1.807, 2.05) is 44.2 Å². The fourth-order valence-electron chi connectivity index (χ4n) is 8.59. The number of fused-ring (bicyclic) bond motifs is 5. The molecule has 2 amide bonds. The largest absolute Gasteiger partial charge is 0.481 e. The first kappa shape index (κ1) is 46.4. The molecule has 2 aromatic rings. The lowest BCUT2D eigenvalue weighted by molar-refractivity contribution is -0.438. The van der Waals surface area contributed by atoms with Gasteiger partial charge in [-0.3, -0.25) is 23.5 Å². The minimum atomic E-state index is -4.51. The van der Waals surface area contributed by atoms with Crippen LogP contribution in [0.2, 0.25) is 0 Å². The van der Waals surface area contributed by atoms with E-state index in [2.05, 4.69) is 27.0 Å². The van der Waals surface area contributed by atoms with Gasteiger partial charge in [0.2, 0.25) is 17.5 Å². The highest BCUT2D eigenvalue weighted by Gasteiger charge is 2.45. The molecule has 60 heavy (non-hydrogen) atoms. The van der Waals surface area contributed by atoms with Gasteiger partial charge in [0.15, 0.2) is 5.71 Å². The van der Waals surface area contributed by atoms with E-state index in [1.54, 1.807) is 12.1 Å². The SMILES string of the molecule is CC1(C)C2=[N+](CCCCCC(=O)NCCNC(=O)CCCCCC3(C)/C(=C/C=C/C=C2)N(CCCCCC(=O)O)c2ccc(S(=O)(=O)O)cc23)c2ccc(S(=O)(=O)O)cc21. The van der Waals surface area contributed by atoms with Gasteiger partial charge in [0.25, 0.3) is 20.2 Å². The molecule has 1 unspecified atom stereocenters. The summed E-state index contributed by atoms with van der Waals surface area (Å²) in [4.78, 5) is 38.1. The predicted molar refractivity (Wildman–Crippen MR) is 230 cm³/mol. The number of aliphatic carboxylic acids is 1. The second kappa shape index (κ2) is 19.8. The molecule has 14 nitrogen and oxygen atoms in total. The first-order valence-electron chi connectivity index (χ1n) is 20.8. The molecule has 3 aliphatic heterocycles. The third-order valence-electron chi connectivity index (χ3n) is 11.8. The Labute approximate surface area is 354 Å². The first-order chi connectivity index (χ1) is 28.3. The van der Waals surface area contributed by atoms with Gasteiger partial charge in [-0.15, -0.1) is 0 Å². The van der Waals surface area contributed by atoms with Crippen LogP contribution in [0.1, 0.15) is 115 Å². The van der Waals surface area contributed by atoms with E-state index in [4.69, 9.17) is 0 Å². The van der Waals surface area contributed by atoms with Crippen LogP contribution in [-0.4, -0.2) is 85.3 Å². The third-order valence-corrected chi connectivity index (χ3v) is 13.5. The van der Waals surface area contributed by atoms with Crippen LogP contribution in [0.3, 0.4) is 0 Å². The number of unbranched alkanes of at least 4 members (excludes halogenated alkanes) is 2. The van der Waals surface area contributed by atoms with Crippen molar-refractivity contribution in [3.8, 4) is 0 Å². The Morgan fingerprint density at radius 2 is 1.38 bits per heavy atom. The number of carbonyl (C=O) groups excluding carboxylic acids is 2. The number of benzene rings is 2. The second-order valence-corrected chi connectivity index (χ2v) is 19.4. The highest BCUT2D eigenvalue weighted by atomic mass is 32.2. The molecule has 1 atom stereocenters. The van der Waals surface area contributed by atoms with Crippen LogP contribution in [0, 0.1) is 0 Å². The molecule has 3 heterocycles. The summed E-state index contributed by atoms with van der Waals surface area (Å²) in [6.07, 6.45) is 17.3. The molecule has 0 aliphatic carbocycles. The summed E-state index contributed by atoms with van der Waals surface area (Å²) >= 11 is 0. The van der Waals surface area contributed by atoms with Gasteiger partial charge < -0.3 is 20.6 Å². The van der Waals surface area contributed by atoms with Gasteiger partial charge in [0.05, 0.1) is 15.2 Å². The van der Waals surface area contributed by atoms with Crippen LogP contribution in [-0.2, 0) is 45.4 Å². The lowest BCUT2D eigenvalue weighted by Gasteiger charge is -2.30. The number of hydrogen-bond acceptors (Lipinski definition) is 8. The lowest BCUT2D eigenvalue weighted by atomic mass is 9.77. The Morgan fingerprint density at radius 3 is 2.02 bits per heavy atom. The Kier molecular flexibility index (Phi) is 15.3. The molecule has 5 rings (SSSR count). The maximum atomic E-state index is 12.6. The summed E-state index contributed by atoms with van der Waals surface area (Å²) in [5.41, 5.74) is 3.65. The van der Waals surface area contributed by atoms with Crippen molar-refractivity contribution in [3.63, 3.8) is 0 Å². The molecule has 16 heteroatoms. The quantitative estimate of drug-likeness (QED) is 0.107. The first-order valence-corrected chi connectivity index (χ1v) is 23.7. The zero-order valence-electron chi connectivity index (χ0n) is 34.8. The van der Waals surface area contributed by atoms with E-state index in [-0.39, 0.29) is 28.0 Å². The van der Waals surface area contributed by atoms with Crippen LogP contribution >= 0.6 is 0 Å². The average Bonchev–Trinajstić information content (AvgIpc) is 3.53. The number of nitrogens with zero attached hydrogens (tertiary/aromatic N) is 2. The number of carbonyl (C=O) groups is 3. The molecule has 326 valence electrons. The zero-order chi connectivity index (χ0) is 43.7. The fraction of sp³-hybridized carbons (Fsp3) is 0.500. The van der Waals surface area contributed by atoms with Gasteiger partial charge in [-0.1, -0.05) is 37.5 Å². The monoisotopic (exact) mass is 867 g/mol. The second-order valence-electron chi connectivity index (χ2n) is 16.5. The molecule has 0 fully saturated rings. The summed E-state index contributed by atoms with van der Waals surface area (Å²) in [7, 11) is -8.94. The number of amides is 2. The summed E-state index contributed by atoms with van der Waals surface area (Å²) in [5, 5.41) is 14.9. The van der Waals surface area contributed by atoms with Gasteiger partial charge in [0.1, 0.15) is 6.54 Å². The molecule has 0 saturated heterocycles. The van der Waals surface area contributed by atoms with Crippen molar-refractivity contribution in [2.75, 3.05) is 31.1 Å². The smallest absolute Gasteiger partial charge is 0.303 e. The summed E-state index contributed by atoms with van der Waals surface area (Å²) in [6.45, 7) is 7.86. The average molecular weight is 868 g/mol. The zero-order valence-corrected chi connectivity index (χ0v) is 36.4. The van der Waals surface area contributed by atoms with Gasteiger partial charge >= 0.3 is 5.97 Å². The lowest BCUT2D eigenvalue weighted by Crippen LogP contribution is -2.34. The number of carboxylic acid groups (broad SMARTS) is 1. The highest BCUT2D eigenvalue weighted by molar-refractivity contribution is 7.86. The maximum absolute atomic E-state index is 12.6. The summed E-state index contributed by atoms with van der Waals surface area (Å²) in [5.74, 6) is -1.04. The summed E-state index contributed by atoms with van der Waals surface area (Å²) < 4.78 is 71.1. The van der Waals surface area contributed by atoms with E-state index in [0.29, 0.717) is 84.0 Å². The van der Waals surface area contributed by atoms with Gasteiger partial charge in [0, 0.05) is 79.8 Å². The molecular weight excluding hydrogens is 809 g/mol. The van der Waals surface area contributed by atoms with Gasteiger partial charge in [-0.2, -0.15) is 21.4 Å². The topological polar surface area (TPSA) is 210 Å². The van der Waals surface area contributed by atoms with Crippen molar-refractivity contribution < 1.29 is 50.0 Å². The van der Waals surface area contributed by atoms with Crippen molar-refractivity contribution in [1.82, 2.24) is 10.6 Å². The van der Waals surface area contributed by atoms with Crippen molar-refractivity contribution in [3.05, 3.63) is 83.6 Å². The van der Waals surface area contributed by atoms with Crippen molar-refractivity contribution >= 4 is 55.1 Å². The normalized spacial score (nSPS) is 22.5. The third kappa shape index (κ3) is 11.4. The Balaban J connectivity index is 1.53. The number of anilines is 1. The minimum Gasteiger partial charge on any atom is -0.481 e. The van der Waals surface area contributed by atoms with Crippen LogP contribution in [0.15, 0.2) is 82.3 Å². The molecule has 5 N–H and O–H groups in total. The van der Waals surface area contributed by atoms with Crippen molar-refractivity contribution in [2.24, 2.45) is 0 Å². The molecule has 3 aliphatic rings. The number of rotatable bonds is 8. The van der Waals surface area contributed by atoms with E-state index < -0.39 is 37.0 Å². The van der Waals surface area contributed by atoms with E-state index in [1.165, 1.54) is 24.3 Å². The number of allylic oxidation sites excluding steroid dienone is 6. The van der Waals surface area contributed by atoms with Gasteiger partial charge in [-0.05, 0) is 101 Å². The van der Waals surface area contributed by atoms with E-state index >= 15 is 0 Å². The highest BCUT2D eigenvalue weighted by Crippen LogP contribution is 2.51. The van der Waals surface area contributed by atoms with Crippen LogP contribution in [0.25, 0.3) is 0 Å².